The zero-order valence-electron chi connectivity index (χ0n) is 10.5. The highest BCUT2D eigenvalue weighted by Gasteiger charge is 2.39. The smallest absolute Gasteiger partial charge is 0.223 e. The number of nitrogens with zero attached hydrogens (tertiary/aromatic N) is 1. The van der Waals surface area contributed by atoms with Crippen LogP contribution in [0.2, 0.25) is 0 Å². The van der Waals surface area contributed by atoms with Gasteiger partial charge in [-0.05, 0) is 44.2 Å². The van der Waals surface area contributed by atoms with Crippen molar-refractivity contribution in [1.29, 1.82) is 0 Å². The van der Waals surface area contributed by atoms with Gasteiger partial charge in [-0.2, -0.15) is 0 Å². The molecule has 0 bridgehead atoms. The van der Waals surface area contributed by atoms with Crippen molar-refractivity contribution < 1.29 is 4.79 Å². The Balaban J connectivity index is 1.67. The molecular weight excluding hydrogens is 200 g/mol. The van der Waals surface area contributed by atoms with Gasteiger partial charge >= 0.3 is 0 Å². The molecule has 3 nitrogen and oxygen atoms in total. The molecular formula is C13H24N2O. The number of carbonyl (C=O) groups is 1. The van der Waals surface area contributed by atoms with Gasteiger partial charge in [-0.15, -0.1) is 0 Å². The number of likely N-dealkylation sites (tertiary alicyclic amines) is 1. The third kappa shape index (κ3) is 2.97. The maximum absolute atomic E-state index is 11.7. The summed E-state index contributed by atoms with van der Waals surface area (Å²) in [5.41, 5.74) is 0. The van der Waals surface area contributed by atoms with Gasteiger partial charge < -0.3 is 10.2 Å². The topological polar surface area (TPSA) is 32.3 Å². The molecule has 16 heavy (non-hydrogen) atoms. The van der Waals surface area contributed by atoms with Gasteiger partial charge in [0.1, 0.15) is 0 Å². The lowest BCUT2D eigenvalue weighted by Crippen LogP contribution is -2.41. The van der Waals surface area contributed by atoms with Gasteiger partial charge in [0, 0.05) is 19.0 Å². The van der Waals surface area contributed by atoms with E-state index in [1.165, 1.54) is 19.4 Å². The summed E-state index contributed by atoms with van der Waals surface area (Å²) in [6.45, 7) is 8.80. The summed E-state index contributed by atoms with van der Waals surface area (Å²) in [4.78, 5) is 14.2. The van der Waals surface area contributed by atoms with E-state index in [2.05, 4.69) is 24.1 Å². The Bertz CT molecular complexity index is 254. The van der Waals surface area contributed by atoms with E-state index in [1.54, 1.807) is 0 Å². The summed E-state index contributed by atoms with van der Waals surface area (Å²) in [6.07, 6.45) is 3.66. The van der Waals surface area contributed by atoms with E-state index in [-0.39, 0.29) is 0 Å². The Morgan fingerprint density at radius 3 is 2.88 bits per heavy atom. The zero-order chi connectivity index (χ0) is 11.5. The van der Waals surface area contributed by atoms with E-state index in [4.69, 9.17) is 0 Å². The first-order chi connectivity index (χ1) is 7.70. The van der Waals surface area contributed by atoms with Crippen LogP contribution in [0.3, 0.4) is 0 Å². The molecule has 2 rings (SSSR count). The summed E-state index contributed by atoms with van der Waals surface area (Å²) in [5, 5.41) is 3.12. The van der Waals surface area contributed by atoms with Crippen molar-refractivity contribution in [2.75, 3.05) is 26.2 Å². The predicted octanol–water partition coefficient (Wildman–Crippen LogP) is 1.49. The van der Waals surface area contributed by atoms with Gasteiger partial charge in [0.2, 0.25) is 5.91 Å². The highest BCUT2D eigenvalue weighted by molar-refractivity contribution is 5.81. The zero-order valence-corrected chi connectivity index (χ0v) is 10.5. The number of hydrogen-bond acceptors (Lipinski definition) is 2. The summed E-state index contributed by atoms with van der Waals surface area (Å²) in [7, 11) is 0. The molecule has 0 spiro atoms. The van der Waals surface area contributed by atoms with E-state index >= 15 is 0 Å². The molecule has 2 aliphatic rings. The van der Waals surface area contributed by atoms with Crippen molar-refractivity contribution in [2.45, 2.75) is 33.1 Å². The molecule has 1 heterocycles. The Morgan fingerprint density at radius 2 is 2.25 bits per heavy atom. The summed E-state index contributed by atoms with van der Waals surface area (Å²) < 4.78 is 0. The van der Waals surface area contributed by atoms with Gasteiger partial charge in [-0.25, -0.2) is 0 Å². The first-order valence-corrected chi connectivity index (χ1v) is 6.70. The van der Waals surface area contributed by atoms with Crippen LogP contribution >= 0.6 is 0 Å². The maximum Gasteiger partial charge on any atom is 0.223 e. The van der Waals surface area contributed by atoms with Crippen LogP contribution in [0.4, 0.5) is 0 Å². The fourth-order valence-electron chi connectivity index (χ4n) is 2.67. The summed E-state index contributed by atoms with van der Waals surface area (Å²) >= 11 is 0. The fourth-order valence-corrected chi connectivity index (χ4v) is 2.67. The Kier molecular flexibility index (Phi) is 3.85. The number of nitrogens with one attached hydrogen (secondary N) is 1. The standard InChI is InChI=1S/C13H24N2O/c1-3-15-6-4-5-11(9-15)8-14-13(16)12-7-10(12)2/h10-12H,3-9H2,1-2H3,(H,14,16)/t10-,11+,12+/m0/s1. The minimum absolute atomic E-state index is 0.293. The molecule has 3 atom stereocenters. The molecule has 1 aliphatic carbocycles. The van der Waals surface area contributed by atoms with Crippen molar-refractivity contribution in [2.24, 2.45) is 17.8 Å². The van der Waals surface area contributed by atoms with Crippen LogP contribution in [0, 0.1) is 17.8 Å². The Labute approximate surface area is 98.6 Å². The van der Waals surface area contributed by atoms with Crippen molar-refractivity contribution in [1.82, 2.24) is 10.2 Å². The van der Waals surface area contributed by atoms with Crippen LogP contribution in [0.15, 0.2) is 0 Å². The predicted molar refractivity (Wildman–Crippen MR) is 65.1 cm³/mol. The van der Waals surface area contributed by atoms with Crippen LogP contribution in [-0.4, -0.2) is 37.0 Å². The Hall–Kier alpha value is -0.570. The second-order valence-corrected chi connectivity index (χ2v) is 5.47. The molecule has 0 radical (unpaired) electrons. The highest BCUT2D eigenvalue weighted by atomic mass is 16.2. The molecule has 1 N–H and O–H groups in total. The van der Waals surface area contributed by atoms with E-state index < -0.39 is 0 Å². The molecule has 0 aromatic carbocycles. The second kappa shape index (κ2) is 5.17. The molecule has 1 saturated carbocycles. The molecule has 1 saturated heterocycles. The number of piperidine rings is 1. The van der Waals surface area contributed by atoms with Crippen molar-refractivity contribution >= 4 is 5.91 Å². The fraction of sp³-hybridized carbons (Fsp3) is 0.923. The molecule has 92 valence electrons. The SMILES string of the molecule is CCN1CCC[C@H](CNC(=O)[C@@H]2C[C@@H]2C)C1. The average molecular weight is 224 g/mol. The number of amides is 1. The van der Waals surface area contributed by atoms with Crippen molar-refractivity contribution in [3.8, 4) is 0 Å². The van der Waals surface area contributed by atoms with Crippen LogP contribution in [0.1, 0.15) is 33.1 Å². The number of rotatable bonds is 4. The van der Waals surface area contributed by atoms with Gasteiger partial charge in [-0.3, -0.25) is 4.79 Å². The second-order valence-electron chi connectivity index (χ2n) is 5.47. The third-order valence-electron chi connectivity index (χ3n) is 4.06. The Morgan fingerprint density at radius 1 is 1.50 bits per heavy atom. The van der Waals surface area contributed by atoms with Crippen LogP contribution in [-0.2, 0) is 4.79 Å². The third-order valence-corrected chi connectivity index (χ3v) is 4.06. The van der Waals surface area contributed by atoms with Crippen LogP contribution in [0.5, 0.6) is 0 Å². The lowest BCUT2D eigenvalue weighted by molar-refractivity contribution is -0.122. The molecule has 3 heteroatoms. The quantitative estimate of drug-likeness (QED) is 0.784. The first kappa shape index (κ1) is 11.9. The average Bonchev–Trinajstić information content (AvgIpc) is 3.04. The van der Waals surface area contributed by atoms with E-state index in [0.717, 1.165) is 26.1 Å². The van der Waals surface area contributed by atoms with Gasteiger partial charge in [0.25, 0.3) is 0 Å². The van der Waals surface area contributed by atoms with E-state index in [0.29, 0.717) is 23.7 Å². The molecule has 0 aromatic rings. The largest absolute Gasteiger partial charge is 0.356 e. The number of carbonyl (C=O) groups excluding carboxylic acids is 1. The lowest BCUT2D eigenvalue weighted by Gasteiger charge is -2.31. The van der Waals surface area contributed by atoms with Crippen LogP contribution in [0.25, 0.3) is 0 Å². The molecule has 1 aliphatic heterocycles. The van der Waals surface area contributed by atoms with Gasteiger partial charge in [-0.1, -0.05) is 13.8 Å². The molecule has 0 aromatic heterocycles. The molecule has 2 fully saturated rings. The highest BCUT2D eigenvalue weighted by Crippen LogP contribution is 2.37. The van der Waals surface area contributed by atoms with Gasteiger partial charge in [0.15, 0.2) is 0 Å². The van der Waals surface area contributed by atoms with Crippen molar-refractivity contribution in [3.05, 3.63) is 0 Å². The minimum Gasteiger partial charge on any atom is -0.356 e. The monoisotopic (exact) mass is 224 g/mol. The van der Waals surface area contributed by atoms with E-state index in [1.807, 2.05) is 0 Å². The van der Waals surface area contributed by atoms with Gasteiger partial charge in [0.05, 0.1) is 0 Å². The lowest BCUT2D eigenvalue weighted by atomic mass is 9.98. The molecule has 0 unspecified atom stereocenters. The molecule has 1 amide bonds. The maximum atomic E-state index is 11.7. The van der Waals surface area contributed by atoms with Crippen molar-refractivity contribution in [3.63, 3.8) is 0 Å². The van der Waals surface area contributed by atoms with E-state index in [9.17, 15) is 4.79 Å². The number of hydrogen-bond donors (Lipinski definition) is 1. The summed E-state index contributed by atoms with van der Waals surface area (Å²) in [5.74, 6) is 1.91. The first-order valence-electron chi connectivity index (χ1n) is 6.70. The normalized spacial score (nSPS) is 34.8. The van der Waals surface area contributed by atoms with Crippen LogP contribution < -0.4 is 5.32 Å². The summed E-state index contributed by atoms with van der Waals surface area (Å²) in [6, 6.07) is 0. The minimum atomic E-state index is 0.293.